The first-order chi connectivity index (χ1) is 8.47. The van der Waals surface area contributed by atoms with Gasteiger partial charge in [0.1, 0.15) is 5.60 Å². The van der Waals surface area contributed by atoms with Crippen LogP contribution < -0.4 is 5.73 Å². The number of rotatable bonds is 7. The van der Waals surface area contributed by atoms with Crippen LogP contribution in [0.5, 0.6) is 0 Å². The van der Waals surface area contributed by atoms with Gasteiger partial charge in [-0.15, -0.1) is 0 Å². The number of hydrogen-bond acceptors (Lipinski definition) is 2. The van der Waals surface area contributed by atoms with Crippen molar-refractivity contribution in [3.05, 3.63) is 35.4 Å². The van der Waals surface area contributed by atoms with Crippen molar-refractivity contribution in [3.8, 4) is 0 Å². The SMILES string of the molecule is CCCCCc1ccccc1CC(C)(O)C(N)=O. The highest BCUT2D eigenvalue weighted by molar-refractivity contribution is 5.83. The first-order valence-electron chi connectivity index (χ1n) is 6.56. The lowest BCUT2D eigenvalue weighted by molar-refractivity contribution is -0.134. The van der Waals surface area contributed by atoms with Crippen LogP contribution in [0.3, 0.4) is 0 Å². The molecule has 0 aliphatic rings. The number of primary amides is 1. The Labute approximate surface area is 109 Å². The molecular formula is C15H23NO2. The Morgan fingerprint density at radius 1 is 1.28 bits per heavy atom. The lowest BCUT2D eigenvalue weighted by atomic mass is 9.91. The summed E-state index contributed by atoms with van der Waals surface area (Å²) in [5.74, 6) is -0.675. The zero-order valence-electron chi connectivity index (χ0n) is 11.3. The van der Waals surface area contributed by atoms with E-state index in [1.165, 1.54) is 25.3 Å². The lowest BCUT2D eigenvalue weighted by Crippen LogP contribution is -2.43. The van der Waals surface area contributed by atoms with E-state index in [1.54, 1.807) is 0 Å². The van der Waals surface area contributed by atoms with Crippen molar-refractivity contribution in [2.75, 3.05) is 0 Å². The quantitative estimate of drug-likeness (QED) is 0.728. The summed E-state index contributed by atoms with van der Waals surface area (Å²) in [5.41, 5.74) is 5.94. The maximum absolute atomic E-state index is 11.2. The van der Waals surface area contributed by atoms with E-state index in [-0.39, 0.29) is 6.42 Å². The summed E-state index contributed by atoms with van der Waals surface area (Å²) in [5, 5.41) is 9.97. The van der Waals surface area contributed by atoms with Gasteiger partial charge < -0.3 is 10.8 Å². The standard InChI is InChI=1S/C15H23NO2/c1-3-4-5-8-12-9-6-7-10-13(12)11-15(2,18)14(16)17/h6-7,9-10,18H,3-5,8,11H2,1-2H3,(H2,16,17). The zero-order chi connectivity index (χ0) is 13.6. The average molecular weight is 249 g/mol. The number of aliphatic hydroxyl groups is 1. The number of aryl methyl sites for hydroxylation is 1. The van der Waals surface area contributed by atoms with Crippen LogP contribution in [0.25, 0.3) is 0 Å². The fourth-order valence-corrected chi connectivity index (χ4v) is 2.00. The Kier molecular flexibility index (Phi) is 5.35. The van der Waals surface area contributed by atoms with E-state index in [4.69, 9.17) is 5.73 Å². The van der Waals surface area contributed by atoms with E-state index in [0.29, 0.717) is 0 Å². The second-order valence-electron chi connectivity index (χ2n) is 5.04. The van der Waals surface area contributed by atoms with Gasteiger partial charge >= 0.3 is 0 Å². The lowest BCUT2D eigenvalue weighted by Gasteiger charge is -2.21. The van der Waals surface area contributed by atoms with E-state index in [9.17, 15) is 9.90 Å². The van der Waals surface area contributed by atoms with Gasteiger partial charge in [-0.3, -0.25) is 4.79 Å². The molecule has 3 N–H and O–H groups in total. The van der Waals surface area contributed by atoms with Crippen LogP contribution in [0.4, 0.5) is 0 Å². The van der Waals surface area contributed by atoms with Crippen molar-refractivity contribution in [2.24, 2.45) is 5.73 Å². The summed E-state index contributed by atoms with van der Waals surface area (Å²) in [6, 6.07) is 7.93. The molecule has 1 rings (SSSR count). The molecule has 100 valence electrons. The molecular weight excluding hydrogens is 226 g/mol. The van der Waals surface area contributed by atoms with E-state index in [0.717, 1.165) is 18.4 Å². The van der Waals surface area contributed by atoms with Crippen LogP contribution in [-0.2, 0) is 17.6 Å². The largest absolute Gasteiger partial charge is 0.380 e. The molecule has 0 spiro atoms. The highest BCUT2D eigenvalue weighted by Gasteiger charge is 2.28. The maximum atomic E-state index is 11.2. The Morgan fingerprint density at radius 2 is 1.89 bits per heavy atom. The van der Waals surface area contributed by atoms with Gasteiger partial charge in [-0.1, -0.05) is 44.0 Å². The van der Waals surface area contributed by atoms with Crippen molar-refractivity contribution < 1.29 is 9.90 Å². The molecule has 1 aromatic carbocycles. The molecule has 1 unspecified atom stereocenters. The normalized spacial score (nSPS) is 14.2. The molecule has 0 saturated carbocycles. The fourth-order valence-electron chi connectivity index (χ4n) is 2.00. The van der Waals surface area contributed by atoms with Gasteiger partial charge in [0.05, 0.1) is 0 Å². The number of hydrogen-bond donors (Lipinski definition) is 2. The molecule has 3 heteroatoms. The van der Waals surface area contributed by atoms with Crippen molar-refractivity contribution in [2.45, 2.75) is 51.6 Å². The molecule has 18 heavy (non-hydrogen) atoms. The van der Waals surface area contributed by atoms with E-state index < -0.39 is 11.5 Å². The van der Waals surface area contributed by atoms with E-state index in [1.807, 2.05) is 18.2 Å². The van der Waals surface area contributed by atoms with Crippen LogP contribution in [0.15, 0.2) is 24.3 Å². The summed E-state index contributed by atoms with van der Waals surface area (Å²) >= 11 is 0. The average Bonchev–Trinajstić information content (AvgIpc) is 2.31. The molecule has 0 radical (unpaired) electrons. The Bertz CT molecular complexity index is 399. The van der Waals surface area contributed by atoms with Gasteiger partial charge in [-0.05, 0) is 30.9 Å². The summed E-state index contributed by atoms with van der Waals surface area (Å²) in [6.07, 6.45) is 4.78. The summed E-state index contributed by atoms with van der Waals surface area (Å²) < 4.78 is 0. The number of benzene rings is 1. The molecule has 0 heterocycles. The Balaban J connectivity index is 2.79. The van der Waals surface area contributed by atoms with Gasteiger partial charge in [0.2, 0.25) is 5.91 Å². The third-order valence-electron chi connectivity index (χ3n) is 3.23. The number of unbranched alkanes of at least 4 members (excludes halogenated alkanes) is 2. The first kappa shape index (κ1) is 14.7. The molecule has 1 atom stereocenters. The van der Waals surface area contributed by atoms with Crippen LogP contribution in [0.2, 0.25) is 0 Å². The smallest absolute Gasteiger partial charge is 0.249 e. The van der Waals surface area contributed by atoms with Gasteiger partial charge in [-0.25, -0.2) is 0 Å². The topological polar surface area (TPSA) is 63.3 Å². The molecule has 0 bridgehead atoms. The number of carbonyl (C=O) groups excluding carboxylic acids is 1. The first-order valence-corrected chi connectivity index (χ1v) is 6.56. The summed E-state index contributed by atoms with van der Waals surface area (Å²) in [4.78, 5) is 11.2. The molecule has 1 amide bonds. The Hall–Kier alpha value is -1.35. The predicted octanol–water partition coefficient (Wildman–Crippen LogP) is 2.20. The van der Waals surface area contributed by atoms with E-state index in [2.05, 4.69) is 13.0 Å². The number of nitrogens with two attached hydrogens (primary N) is 1. The molecule has 0 aromatic heterocycles. The minimum Gasteiger partial charge on any atom is -0.380 e. The number of amides is 1. The van der Waals surface area contributed by atoms with Gasteiger partial charge in [0, 0.05) is 6.42 Å². The van der Waals surface area contributed by atoms with Crippen LogP contribution in [-0.4, -0.2) is 16.6 Å². The highest BCUT2D eigenvalue weighted by atomic mass is 16.3. The Morgan fingerprint density at radius 3 is 2.44 bits per heavy atom. The molecule has 3 nitrogen and oxygen atoms in total. The third-order valence-corrected chi connectivity index (χ3v) is 3.23. The predicted molar refractivity (Wildman–Crippen MR) is 73.2 cm³/mol. The van der Waals surface area contributed by atoms with Crippen LogP contribution >= 0.6 is 0 Å². The van der Waals surface area contributed by atoms with E-state index >= 15 is 0 Å². The minimum atomic E-state index is -1.47. The molecule has 0 aliphatic carbocycles. The molecule has 1 aromatic rings. The second kappa shape index (κ2) is 6.55. The molecule has 0 saturated heterocycles. The van der Waals surface area contributed by atoms with Gasteiger partial charge in [0.15, 0.2) is 0 Å². The molecule has 0 aliphatic heterocycles. The minimum absolute atomic E-state index is 0.282. The van der Waals surface area contributed by atoms with Crippen LogP contribution in [0, 0.1) is 0 Å². The van der Waals surface area contributed by atoms with Gasteiger partial charge in [-0.2, -0.15) is 0 Å². The fraction of sp³-hybridized carbons (Fsp3) is 0.533. The summed E-state index contributed by atoms with van der Waals surface area (Å²) in [6.45, 7) is 3.64. The third kappa shape index (κ3) is 4.15. The number of carbonyl (C=O) groups is 1. The van der Waals surface area contributed by atoms with Crippen molar-refractivity contribution in [1.29, 1.82) is 0 Å². The second-order valence-corrected chi connectivity index (χ2v) is 5.04. The summed E-state index contributed by atoms with van der Waals surface area (Å²) in [7, 11) is 0. The monoisotopic (exact) mass is 249 g/mol. The highest BCUT2D eigenvalue weighted by Crippen LogP contribution is 2.19. The van der Waals surface area contributed by atoms with Gasteiger partial charge in [0.25, 0.3) is 0 Å². The molecule has 0 fully saturated rings. The van der Waals surface area contributed by atoms with Crippen LogP contribution in [0.1, 0.15) is 44.2 Å². The van der Waals surface area contributed by atoms with Crippen molar-refractivity contribution in [3.63, 3.8) is 0 Å². The van der Waals surface area contributed by atoms with Crippen molar-refractivity contribution >= 4 is 5.91 Å². The zero-order valence-corrected chi connectivity index (χ0v) is 11.3. The van der Waals surface area contributed by atoms with Crippen molar-refractivity contribution in [1.82, 2.24) is 0 Å². The maximum Gasteiger partial charge on any atom is 0.249 e.